The average Bonchev–Trinajstić information content (AvgIpc) is 3.53. The van der Waals surface area contributed by atoms with Crippen molar-refractivity contribution in [2.24, 2.45) is 7.05 Å². The molecule has 206 valence electrons. The molecule has 4 aromatic rings. The lowest BCUT2D eigenvalue weighted by Gasteiger charge is -2.19. The third-order valence-corrected chi connectivity index (χ3v) is 6.90. The van der Waals surface area contributed by atoms with Crippen LogP contribution in [-0.2, 0) is 21.3 Å². The first-order valence-corrected chi connectivity index (χ1v) is 12.9. The Hall–Kier alpha value is -4.70. The first-order valence-electron chi connectivity index (χ1n) is 12.9. The van der Waals surface area contributed by atoms with Crippen molar-refractivity contribution in [1.29, 1.82) is 0 Å². The van der Waals surface area contributed by atoms with E-state index in [1.165, 1.54) is 4.57 Å². The fourth-order valence-electron chi connectivity index (χ4n) is 4.60. The van der Waals surface area contributed by atoms with E-state index in [0.717, 1.165) is 16.8 Å². The normalized spacial score (nSPS) is 18.4. The molecule has 0 amide bonds. The van der Waals surface area contributed by atoms with Gasteiger partial charge in [0.1, 0.15) is 30.9 Å². The fourth-order valence-corrected chi connectivity index (χ4v) is 4.60. The molecule has 0 aliphatic carbocycles. The number of nitrogens with two attached hydrogens (primary N) is 1. The molecule has 5 rings (SSSR count). The summed E-state index contributed by atoms with van der Waals surface area (Å²) in [6.45, 7) is 3.66. The van der Waals surface area contributed by atoms with E-state index in [4.69, 9.17) is 19.9 Å². The minimum atomic E-state index is -0.835. The van der Waals surface area contributed by atoms with Gasteiger partial charge in [-0.15, -0.1) is 0 Å². The molecular weight excluding hydrogens is 512 g/mol. The number of aryl methyl sites for hydroxylation is 3. The zero-order valence-electron chi connectivity index (χ0n) is 22.4. The lowest BCUT2D eigenvalue weighted by molar-refractivity contribution is -0.0581. The van der Waals surface area contributed by atoms with Gasteiger partial charge < -0.3 is 24.5 Å². The molecule has 0 radical (unpaired) electrons. The van der Waals surface area contributed by atoms with E-state index in [-0.39, 0.29) is 18.8 Å². The maximum absolute atomic E-state index is 13.0. The summed E-state index contributed by atoms with van der Waals surface area (Å²) in [5.41, 5.74) is 9.58. The summed E-state index contributed by atoms with van der Waals surface area (Å²) >= 11 is 0. The first-order chi connectivity index (χ1) is 19.2. The number of anilines is 1. The Bertz CT molecular complexity index is 1590. The highest BCUT2D eigenvalue weighted by Gasteiger charge is 2.40. The van der Waals surface area contributed by atoms with Gasteiger partial charge in [0.2, 0.25) is 0 Å². The zero-order valence-corrected chi connectivity index (χ0v) is 22.4. The lowest BCUT2D eigenvalue weighted by atomic mass is 10.1. The van der Waals surface area contributed by atoms with Crippen LogP contribution < -0.4 is 11.4 Å². The first kappa shape index (κ1) is 26.9. The van der Waals surface area contributed by atoms with Gasteiger partial charge >= 0.3 is 17.6 Å². The van der Waals surface area contributed by atoms with Crippen LogP contribution in [-0.4, -0.2) is 44.9 Å². The average molecular weight is 543 g/mol. The molecular formula is C30H30N4O6. The van der Waals surface area contributed by atoms with Crippen LogP contribution in [0.25, 0.3) is 11.3 Å². The zero-order chi connectivity index (χ0) is 28.4. The van der Waals surface area contributed by atoms with E-state index in [1.54, 1.807) is 30.5 Å². The monoisotopic (exact) mass is 542 g/mol. The molecule has 0 saturated carbocycles. The molecule has 1 saturated heterocycles. The van der Waals surface area contributed by atoms with Crippen molar-refractivity contribution < 1.29 is 23.8 Å². The summed E-state index contributed by atoms with van der Waals surface area (Å²) < 4.78 is 20.7. The molecule has 2 aromatic carbocycles. The van der Waals surface area contributed by atoms with Gasteiger partial charge in [-0.3, -0.25) is 4.57 Å². The third-order valence-electron chi connectivity index (χ3n) is 6.90. The van der Waals surface area contributed by atoms with Crippen molar-refractivity contribution in [3.63, 3.8) is 0 Å². The minimum Gasteiger partial charge on any atom is -0.459 e. The van der Waals surface area contributed by atoms with Crippen molar-refractivity contribution >= 4 is 17.8 Å². The topological polar surface area (TPSA) is 128 Å². The van der Waals surface area contributed by atoms with Crippen molar-refractivity contribution in [2.45, 2.75) is 38.7 Å². The Labute approximate surface area is 230 Å². The molecule has 2 aromatic heterocycles. The van der Waals surface area contributed by atoms with E-state index in [1.807, 2.05) is 68.1 Å². The van der Waals surface area contributed by atoms with E-state index >= 15 is 0 Å². The number of rotatable bonds is 7. The molecule has 2 N–H and O–H groups in total. The third kappa shape index (κ3) is 5.67. The van der Waals surface area contributed by atoms with Crippen LogP contribution >= 0.6 is 0 Å². The van der Waals surface area contributed by atoms with Crippen molar-refractivity contribution in [2.75, 3.05) is 12.3 Å². The van der Waals surface area contributed by atoms with Crippen molar-refractivity contribution in [1.82, 2.24) is 14.1 Å². The number of carbonyl (C=O) groups is 2. The molecule has 1 fully saturated rings. The number of ether oxygens (including phenoxy) is 3. The maximum Gasteiger partial charge on any atom is 0.351 e. The Kier molecular flexibility index (Phi) is 7.52. The summed E-state index contributed by atoms with van der Waals surface area (Å²) in [5, 5.41) is 0. The number of hydrogen-bond acceptors (Lipinski definition) is 8. The van der Waals surface area contributed by atoms with Crippen LogP contribution in [0, 0.1) is 13.8 Å². The summed E-state index contributed by atoms with van der Waals surface area (Å²) in [4.78, 5) is 42.5. The molecule has 10 nitrogen and oxygen atoms in total. The summed E-state index contributed by atoms with van der Waals surface area (Å²) in [7, 11) is 1.86. The van der Waals surface area contributed by atoms with E-state index in [2.05, 4.69) is 4.98 Å². The number of nitrogens with zero attached hydrogens (tertiary/aromatic N) is 3. The number of esters is 2. The molecule has 10 heteroatoms. The van der Waals surface area contributed by atoms with Gasteiger partial charge in [-0.05, 0) is 50.2 Å². The highest BCUT2D eigenvalue weighted by atomic mass is 16.6. The van der Waals surface area contributed by atoms with E-state index in [0.29, 0.717) is 16.7 Å². The molecule has 0 bridgehead atoms. The second kappa shape index (κ2) is 11.2. The van der Waals surface area contributed by atoms with Gasteiger partial charge in [-0.2, -0.15) is 4.98 Å². The second-order valence-corrected chi connectivity index (χ2v) is 9.87. The molecule has 0 unspecified atom stereocenters. The van der Waals surface area contributed by atoms with Crippen LogP contribution in [0.2, 0.25) is 0 Å². The Morgan fingerprint density at radius 3 is 2.23 bits per heavy atom. The van der Waals surface area contributed by atoms with Gasteiger partial charge in [0, 0.05) is 25.9 Å². The number of aromatic nitrogens is 3. The highest BCUT2D eigenvalue weighted by molar-refractivity contribution is 5.90. The maximum atomic E-state index is 13.0. The van der Waals surface area contributed by atoms with E-state index < -0.39 is 36.1 Å². The number of nitrogen functional groups attached to an aromatic ring is 1. The number of benzene rings is 2. The standard InChI is InChI=1S/C30H30N4O6/c1-18-6-10-20(11-7-18)28(35)38-17-25-24(40-29(36)21-12-8-19(2)9-13-21)15-26(39-25)34-16-22(27(31)32-30(34)37)23-5-4-14-33(23)3/h4-14,16,24-26H,15,17H2,1-3H3,(H2,31,32,37)/t24-,25+,26-/m0/s1. The Morgan fingerprint density at radius 1 is 1.00 bits per heavy atom. The second-order valence-electron chi connectivity index (χ2n) is 9.87. The van der Waals surface area contributed by atoms with Gasteiger partial charge in [-0.25, -0.2) is 14.4 Å². The quantitative estimate of drug-likeness (QED) is 0.349. The smallest absolute Gasteiger partial charge is 0.351 e. The van der Waals surface area contributed by atoms with Crippen LogP contribution in [0.3, 0.4) is 0 Å². The van der Waals surface area contributed by atoms with Gasteiger partial charge in [0.25, 0.3) is 0 Å². The van der Waals surface area contributed by atoms with Crippen LogP contribution in [0.1, 0.15) is 44.5 Å². The lowest BCUT2D eigenvalue weighted by Crippen LogP contribution is -2.32. The van der Waals surface area contributed by atoms with Crippen molar-refractivity contribution in [3.8, 4) is 11.3 Å². The predicted octanol–water partition coefficient (Wildman–Crippen LogP) is 3.82. The predicted molar refractivity (Wildman–Crippen MR) is 148 cm³/mol. The van der Waals surface area contributed by atoms with Gasteiger partial charge in [-0.1, -0.05) is 35.4 Å². The van der Waals surface area contributed by atoms with Crippen LogP contribution in [0.15, 0.2) is 77.9 Å². The van der Waals surface area contributed by atoms with Crippen molar-refractivity contribution in [3.05, 3.63) is 106 Å². The minimum absolute atomic E-state index is 0.0898. The number of hydrogen-bond donors (Lipinski definition) is 1. The number of carbonyl (C=O) groups excluding carboxylic acids is 2. The van der Waals surface area contributed by atoms with Gasteiger partial charge in [0.05, 0.1) is 22.4 Å². The molecule has 0 spiro atoms. The van der Waals surface area contributed by atoms with Gasteiger partial charge in [0.15, 0.2) is 0 Å². The van der Waals surface area contributed by atoms with Crippen LogP contribution in [0.5, 0.6) is 0 Å². The Morgan fingerprint density at radius 2 is 1.62 bits per heavy atom. The summed E-state index contributed by atoms with van der Waals surface area (Å²) in [6, 6.07) is 17.7. The van der Waals surface area contributed by atoms with E-state index in [9.17, 15) is 14.4 Å². The molecule has 1 aliphatic heterocycles. The Balaban J connectivity index is 1.40. The molecule has 3 heterocycles. The van der Waals surface area contributed by atoms with Crippen LogP contribution in [0.4, 0.5) is 5.82 Å². The summed E-state index contributed by atoms with van der Waals surface area (Å²) in [5.74, 6) is -0.990. The molecule has 40 heavy (non-hydrogen) atoms. The SMILES string of the molecule is Cc1ccc(C(=O)OC[C@H]2O[C@H](n3cc(-c4cccn4C)c(N)nc3=O)C[C@@H]2OC(=O)c2ccc(C)cc2)cc1. The summed E-state index contributed by atoms with van der Waals surface area (Å²) in [6.07, 6.45) is 1.13. The highest BCUT2D eigenvalue weighted by Crippen LogP contribution is 2.33. The molecule has 3 atom stereocenters. The molecule has 1 aliphatic rings. The largest absolute Gasteiger partial charge is 0.459 e. The fraction of sp³-hybridized carbons (Fsp3) is 0.267.